The molecule has 2 aromatic rings. The zero-order valence-electron chi connectivity index (χ0n) is 12.0. The first-order valence-electron chi connectivity index (χ1n) is 7.48. The van der Waals surface area contributed by atoms with Crippen molar-refractivity contribution in [1.82, 2.24) is 0 Å². The van der Waals surface area contributed by atoms with E-state index in [9.17, 15) is 0 Å². The van der Waals surface area contributed by atoms with Crippen molar-refractivity contribution < 1.29 is 0 Å². The van der Waals surface area contributed by atoms with Gasteiger partial charge in [-0.1, -0.05) is 73.3 Å². The lowest BCUT2D eigenvalue weighted by atomic mass is 9.92. The summed E-state index contributed by atoms with van der Waals surface area (Å²) in [6.45, 7) is 2.25. The summed E-state index contributed by atoms with van der Waals surface area (Å²) >= 11 is 6.72. The second-order valence-corrected chi connectivity index (χ2v) is 9.93. The van der Waals surface area contributed by atoms with Crippen molar-refractivity contribution in [2.75, 3.05) is 0 Å². The predicted octanol–water partition coefficient (Wildman–Crippen LogP) is 5.14. The topological polar surface area (TPSA) is 0 Å². The van der Waals surface area contributed by atoms with Crippen LogP contribution >= 0.6 is 11.1 Å². The highest BCUT2D eigenvalue weighted by Crippen LogP contribution is 2.49. The van der Waals surface area contributed by atoms with Gasteiger partial charge in [0.15, 0.2) is 0 Å². The summed E-state index contributed by atoms with van der Waals surface area (Å²) in [5, 5.41) is 0. The molecule has 0 bridgehead atoms. The maximum atomic E-state index is 6.72. The van der Waals surface area contributed by atoms with Crippen molar-refractivity contribution in [3.05, 3.63) is 83.5 Å². The van der Waals surface area contributed by atoms with Gasteiger partial charge in [0, 0.05) is 11.5 Å². The molecule has 2 aliphatic rings. The van der Waals surface area contributed by atoms with E-state index in [-0.39, 0.29) is 0 Å². The first-order chi connectivity index (χ1) is 10.3. The fourth-order valence-corrected chi connectivity index (χ4v) is 6.14. The van der Waals surface area contributed by atoms with Gasteiger partial charge in [-0.3, -0.25) is 0 Å². The van der Waals surface area contributed by atoms with Crippen LogP contribution in [0, 0.1) is 0 Å². The lowest BCUT2D eigenvalue weighted by molar-refractivity contribution is 1.03. The van der Waals surface area contributed by atoms with Gasteiger partial charge in [-0.05, 0) is 27.8 Å². The molecule has 2 unspecified atom stereocenters. The fraction of sp³-hybridized carbons (Fsp3) is 0.158. The zero-order valence-corrected chi connectivity index (χ0v) is 13.9. The third-order valence-electron chi connectivity index (χ3n) is 4.60. The first-order valence-corrected chi connectivity index (χ1v) is 11.1. The molecular formula is C19H17ClSi. The Morgan fingerprint density at radius 2 is 1.52 bits per heavy atom. The number of halogens is 1. The molecular weight excluding hydrogens is 292 g/mol. The van der Waals surface area contributed by atoms with E-state index in [1.807, 2.05) is 0 Å². The number of hydrogen-bond donors (Lipinski definition) is 0. The summed E-state index contributed by atoms with van der Waals surface area (Å²) in [5.74, 6) is 0.404. The minimum Gasteiger partial charge on any atom is -0.171 e. The first kappa shape index (κ1) is 13.1. The molecule has 0 amide bonds. The molecule has 4 rings (SSSR count). The monoisotopic (exact) mass is 308 g/mol. The van der Waals surface area contributed by atoms with E-state index in [0.717, 1.165) is 0 Å². The van der Waals surface area contributed by atoms with Crippen molar-refractivity contribution in [1.29, 1.82) is 0 Å². The molecule has 0 heterocycles. The van der Waals surface area contributed by atoms with Crippen molar-refractivity contribution in [2.24, 2.45) is 0 Å². The van der Waals surface area contributed by atoms with Crippen LogP contribution < -0.4 is 0 Å². The van der Waals surface area contributed by atoms with E-state index < -0.39 is 8.11 Å². The Morgan fingerprint density at radius 1 is 0.857 bits per heavy atom. The molecule has 0 fully saturated rings. The summed E-state index contributed by atoms with van der Waals surface area (Å²) in [5.41, 5.74) is 7.54. The van der Waals surface area contributed by atoms with Crippen LogP contribution in [0.2, 0.25) is 6.55 Å². The molecule has 0 radical (unpaired) electrons. The Morgan fingerprint density at radius 3 is 2.29 bits per heavy atom. The maximum absolute atomic E-state index is 6.72. The van der Waals surface area contributed by atoms with Gasteiger partial charge in [0.25, 0.3) is 0 Å². The van der Waals surface area contributed by atoms with Crippen molar-refractivity contribution in [3.63, 3.8) is 0 Å². The number of allylic oxidation sites excluding steroid dienone is 4. The Balaban J connectivity index is 1.98. The van der Waals surface area contributed by atoms with Crippen LogP contribution in [0.3, 0.4) is 0 Å². The van der Waals surface area contributed by atoms with Crippen LogP contribution in [0.5, 0.6) is 0 Å². The molecule has 21 heavy (non-hydrogen) atoms. The molecule has 104 valence electrons. The highest BCUT2D eigenvalue weighted by Gasteiger charge is 2.35. The molecule has 2 aliphatic carbocycles. The average Bonchev–Trinajstić information content (AvgIpc) is 3.12. The van der Waals surface area contributed by atoms with E-state index in [1.165, 1.54) is 27.8 Å². The summed E-state index contributed by atoms with van der Waals surface area (Å²) in [6.07, 6.45) is 8.83. The van der Waals surface area contributed by atoms with Crippen LogP contribution in [-0.4, -0.2) is 8.11 Å². The highest BCUT2D eigenvalue weighted by molar-refractivity contribution is 7.07. The molecule has 2 atom stereocenters. The van der Waals surface area contributed by atoms with Gasteiger partial charge in [-0.2, -0.15) is 11.1 Å². The van der Waals surface area contributed by atoms with Crippen LogP contribution in [0.25, 0.3) is 11.1 Å². The SMILES string of the molecule is C[SiH](Cl)C1c2ccccc2-c2cccc(C3C=CC=C3)c21. The van der Waals surface area contributed by atoms with Gasteiger partial charge in [0.1, 0.15) is 8.11 Å². The molecule has 0 nitrogen and oxygen atoms in total. The van der Waals surface area contributed by atoms with Gasteiger partial charge >= 0.3 is 0 Å². The Kier molecular flexibility index (Phi) is 3.13. The Bertz CT molecular complexity index is 746. The number of hydrogen-bond acceptors (Lipinski definition) is 0. The van der Waals surface area contributed by atoms with Gasteiger partial charge in [0.2, 0.25) is 0 Å². The molecule has 0 aromatic heterocycles. The predicted molar refractivity (Wildman–Crippen MR) is 93.6 cm³/mol. The van der Waals surface area contributed by atoms with E-state index in [1.54, 1.807) is 0 Å². The average molecular weight is 309 g/mol. The van der Waals surface area contributed by atoms with Crippen molar-refractivity contribution in [2.45, 2.75) is 18.0 Å². The van der Waals surface area contributed by atoms with E-state index in [0.29, 0.717) is 11.5 Å². The molecule has 2 aromatic carbocycles. The number of fused-ring (bicyclic) bond motifs is 3. The van der Waals surface area contributed by atoms with Gasteiger partial charge in [-0.15, -0.1) is 0 Å². The van der Waals surface area contributed by atoms with Crippen LogP contribution in [0.15, 0.2) is 66.8 Å². The smallest absolute Gasteiger partial charge is 0.149 e. The van der Waals surface area contributed by atoms with Crippen molar-refractivity contribution in [3.8, 4) is 11.1 Å². The lowest BCUT2D eigenvalue weighted by Gasteiger charge is -2.20. The largest absolute Gasteiger partial charge is 0.171 e. The van der Waals surface area contributed by atoms with E-state index in [4.69, 9.17) is 11.1 Å². The molecule has 0 aliphatic heterocycles. The summed E-state index contributed by atoms with van der Waals surface area (Å²) in [7, 11) is -1.34. The summed E-state index contributed by atoms with van der Waals surface area (Å²) < 4.78 is 0. The van der Waals surface area contributed by atoms with Gasteiger partial charge < -0.3 is 0 Å². The second kappa shape index (κ2) is 5.01. The third-order valence-corrected chi connectivity index (χ3v) is 6.97. The van der Waals surface area contributed by atoms with E-state index >= 15 is 0 Å². The molecule has 0 N–H and O–H groups in total. The minimum atomic E-state index is -1.34. The fourth-order valence-electron chi connectivity index (χ4n) is 3.74. The number of benzene rings is 2. The molecule has 0 saturated heterocycles. The van der Waals surface area contributed by atoms with Crippen LogP contribution in [0.4, 0.5) is 0 Å². The molecule has 0 spiro atoms. The van der Waals surface area contributed by atoms with E-state index in [2.05, 4.69) is 73.3 Å². The highest BCUT2D eigenvalue weighted by atomic mass is 35.6. The molecule has 2 heteroatoms. The standard InChI is InChI=1S/C19H17ClSi/c1-21(20)19-17-10-5-4-9-15(17)16-12-6-11-14(18(16)19)13-7-2-3-8-13/h2-13,19,21H,1H3. The normalized spacial score (nSPS) is 20.6. The van der Waals surface area contributed by atoms with Gasteiger partial charge in [0.05, 0.1) is 0 Å². The van der Waals surface area contributed by atoms with Crippen LogP contribution in [0.1, 0.15) is 28.1 Å². The van der Waals surface area contributed by atoms with Gasteiger partial charge in [-0.25, -0.2) is 0 Å². The number of rotatable bonds is 2. The second-order valence-electron chi connectivity index (χ2n) is 5.85. The molecule has 0 saturated carbocycles. The summed E-state index contributed by atoms with van der Waals surface area (Å²) in [4.78, 5) is 0. The minimum absolute atomic E-state index is 0.404. The lowest BCUT2D eigenvalue weighted by Crippen LogP contribution is -2.15. The zero-order chi connectivity index (χ0) is 14.4. The Labute approximate surface area is 132 Å². The maximum Gasteiger partial charge on any atom is 0.149 e. The Hall–Kier alpha value is -1.57. The van der Waals surface area contributed by atoms with Crippen LogP contribution in [-0.2, 0) is 0 Å². The third kappa shape index (κ3) is 1.96. The van der Waals surface area contributed by atoms with Crippen molar-refractivity contribution >= 4 is 19.2 Å². The quantitative estimate of drug-likeness (QED) is 0.532. The summed E-state index contributed by atoms with van der Waals surface area (Å²) in [6, 6.07) is 15.5.